The molecule has 0 heterocycles. The summed E-state index contributed by atoms with van der Waals surface area (Å²) in [7, 11) is 0. The van der Waals surface area contributed by atoms with Gasteiger partial charge in [0.2, 0.25) is 0 Å². The maximum absolute atomic E-state index is 13.1. The molecule has 0 bridgehead atoms. The fourth-order valence-electron chi connectivity index (χ4n) is 9.55. The molecule has 8 atom stereocenters. The Morgan fingerprint density at radius 2 is 1.51 bits per heavy atom. The molecule has 0 spiro atoms. The van der Waals surface area contributed by atoms with Gasteiger partial charge in [0.15, 0.2) is 0 Å². The van der Waals surface area contributed by atoms with Crippen molar-refractivity contribution in [3.63, 3.8) is 0 Å². The number of esters is 1. The largest absolute Gasteiger partial charge is 0.481 e. The molecule has 0 amide bonds. The van der Waals surface area contributed by atoms with Crippen LogP contribution in [-0.2, 0) is 19.1 Å². The van der Waals surface area contributed by atoms with Crippen LogP contribution in [0.25, 0.3) is 0 Å². The van der Waals surface area contributed by atoms with E-state index in [0.29, 0.717) is 29.6 Å². The molecule has 0 aromatic heterocycles. The number of hydrogen-bond acceptors (Lipinski definition) is 4. The molecule has 4 fully saturated rings. The van der Waals surface area contributed by atoms with Crippen molar-refractivity contribution in [3.8, 4) is 0 Å². The van der Waals surface area contributed by atoms with Crippen LogP contribution in [0.2, 0.25) is 0 Å². The van der Waals surface area contributed by atoms with Crippen molar-refractivity contribution in [1.82, 2.24) is 0 Å². The molecule has 0 radical (unpaired) electrons. The van der Waals surface area contributed by atoms with Crippen molar-refractivity contribution in [2.75, 3.05) is 0 Å². The van der Waals surface area contributed by atoms with Gasteiger partial charge in [-0.05, 0) is 107 Å². The Labute approximate surface area is 224 Å². The summed E-state index contributed by atoms with van der Waals surface area (Å²) in [6, 6.07) is 0. The zero-order chi connectivity index (χ0) is 27.2. The molecular weight excluding hydrogens is 464 g/mol. The average molecular weight is 517 g/mol. The molecule has 4 rings (SSSR count). The van der Waals surface area contributed by atoms with E-state index in [1.165, 1.54) is 44.8 Å². The first-order chi connectivity index (χ1) is 17.3. The number of carboxylic acid groups (broad SMARTS) is 1. The number of aldehydes is 1. The van der Waals surface area contributed by atoms with Crippen LogP contribution in [0.1, 0.15) is 125 Å². The second kappa shape index (κ2) is 10.3. The van der Waals surface area contributed by atoms with Crippen LogP contribution in [0.3, 0.4) is 0 Å². The highest BCUT2D eigenvalue weighted by atomic mass is 16.5. The van der Waals surface area contributed by atoms with Crippen molar-refractivity contribution in [3.05, 3.63) is 0 Å². The minimum Gasteiger partial charge on any atom is -0.481 e. The lowest BCUT2D eigenvalue weighted by Gasteiger charge is -2.62. The van der Waals surface area contributed by atoms with Crippen LogP contribution >= 0.6 is 0 Å². The van der Waals surface area contributed by atoms with Gasteiger partial charge in [0.05, 0.1) is 11.8 Å². The van der Waals surface area contributed by atoms with E-state index in [-0.39, 0.29) is 34.7 Å². The number of carbonyl (C=O) groups excluding carboxylic acids is 2. The third-order valence-corrected chi connectivity index (χ3v) is 12.1. The van der Waals surface area contributed by atoms with Gasteiger partial charge >= 0.3 is 11.9 Å². The number of carboxylic acids is 1. The van der Waals surface area contributed by atoms with Gasteiger partial charge in [-0.15, -0.1) is 0 Å². The number of rotatable bonds is 5. The van der Waals surface area contributed by atoms with Crippen LogP contribution < -0.4 is 0 Å². The Kier molecular flexibility index (Phi) is 7.97. The van der Waals surface area contributed by atoms with E-state index in [1.54, 1.807) is 13.8 Å². The van der Waals surface area contributed by atoms with Gasteiger partial charge in [0.1, 0.15) is 12.4 Å². The van der Waals surface area contributed by atoms with E-state index in [9.17, 15) is 19.5 Å². The first-order valence-corrected chi connectivity index (χ1v) is 15.2. The van der Waals surface area contributed by atoms with Crippen LogP contribution in [0, 0.1) is 51.2 Å². The summed E-state index contributed by atoms with van der Waals surface area (Å²) in [5, 5.41) is 9.55. The number of carbonyl (C=O) groups is 3. The normalized spacial score (nSPS) is 42.0. The zero-order valence-corrected chi connectivity index (χ0v) is 24.3. The summed E-state index contributed by atoms with van der Waals surface area (Å²) in [6.45, 7) is 12.7. The predicted octanol–water partition coefficient (Wildman–Crippen LogP) is 7.45. The molecule has 0 saturated heterocycles. The SMILES string of the molecule is CC1CCCC2C(CCC3[C@H]4CCCC4(C=O)CC[C@@]23C)C(C)(C)C(OC(=O)CC(C)(C)C(=O)O)CC1. The molecular formula is C32H52O5. The van der Waals surface area contributed by atoms with Crippen molar-refractivity contribution in [2.24, 2.45) is 51.2 Å². The average Bonchev–Trinajstić information content (AvgIpc) is 3.25. The number of ether oxygens (including phenoxy) is 1. The van der Waals surface area contributed by atoms with Gasteiger partial charge in [-0.25, -0.2) is 0 Å². The van der Waals surface area contributed by atoms with Crippen LogP contribution in [0.15, 0.2) is 0 Å². The van der Waals surface area contributed by atoms with Crippen molar-refractivity contribution in [2.45, 2.75) is 131 Å². The molecule has 4 saturated carbocycles. The van der Waals surface area contributed by atoms with Gasteiger partial charge in [-0.3, -0.25) is 9.59 Å². The second-order valence-electron chi connectivity index (χ2n) is 15.0. The van der Waals surface area contributed by atoms with E-state index in [2.05, 4.69) is 27.7 Å². The fourth-order valence-corrected chi connectivity index (χ4v) is 9.55. The highest BCUT2D eigenvalue weighted by Gasteiger charge is 2.62. The molecule has 4 aliphatic carbocycles. The van der Waals surface area contributed by atoms with Gasteiger partial charge in [0, 0.05) is 10.8 Å². The minimum atomic E-state index is -1.13. The lowest BCUT2D eigenvalue weighted by Crippen LogP contribution is -2.57. The van der Waals surface area contributed by atoms with Crippen LogP contribution in [0.5, 0.6) is 0 Å². The Hall–Kier alpha value is -1.39. The van der Waals surface area contributed by atoms with Gasteiger partial charge in [0.25, 0.3) is 0 Å². The Balaban J connectivity index is 1.63. The predicted molar refractivity (Wildman–Crippen MR) is 145 cm³/mol. The summed E-state index contributed by atoms with van der Waals surface area (Å²) in [6.07, 6.45) is 14.5. The lowest BCUT2D eigenvalue weighted by molar-refractivity contribution is -0.178. The molecule has 5 nitrogen and oxygen atoms in total. The highest BCUT2D eigenvalue weighted by Crippen LogP contribution is 2.68. The molecule has 6 unspecified atom stereocenters. The Morgan fingerprint density at radius 1 is 0.865 bits per heavy atom. The van der Waals surface area contributed by atoms with Crippen molar-refractivity contribution < 1.29 is 24.2 Å². The Morgan fingerprint density at radius 3 is 2.19 bits per heavy atom. The third kappa shape index (κ3) is 5.14. The summed E-state index contributed by atoms with van der Waals surface area (Å²) in [4.78, 5) is 37.1. The van der Waals surface area contributed by atoms with E-state index in [0.717, 1.165) is 38.5 Å². The molecule has 210 valence electrons. The molecule has 0 aromatic carbocycles. The first-order valence-electron chi connectivity index (χ1n) is 15.2. The highest BCUT2D eigenvalue weighted by molar-refractivity contribution is 5.81. The summed E-state index contributed by atoms with van der Waals surface area (Å²) in [5.41, 5.74) is -1.17. The maximum Gasteiger partial charge on any atom is 0.309 e. The monoisotopic (exact) mass is 516 g/mol. The van der Waals surface area contributed by atoms with Crippen LogP contribution in [-0.4, -0.2) is 29.4 Å². The standard InChI is InChI=1S/C32H52O5/c1-21-9-7-10-23-22(13-14-24-25-11-8-16-32(25,20-33)18-17-31(23,24)6)30(4,5)26(15-12-21)37-27(34)19-29(2,3)28(35)36/h20-26H,7-19H2,1-6H3,(H,35,36)/t21?,22?,23?,24?,25-,26?,31+,32?/m1/s1. The smallest absolute Gasteiger partial charge is 0.309 e. The first kappa shape index (κ1) is 28.6. The van der Waals surface area contributed by atoms with Crippen molar-refractivity contribution in [1.29, 1.82) is 0 Å². The van der Waals surface area contributed by atoms with Gasteiger partial charge in [-0.2, -0.15) is 0 Å². The van der Waals surface area contributed by atoms with E-state index < -0.39 is 11.4 Å². The topological polar surface area (TPSA) is 80.7 Å². The van der Waals surface area contributed by atoms with Gasteiger partial charge in [-0.1, -0.05) is 47.0 Å². The quantitative estimate of drug-likeness (QED) is 0.303. The summed E-state index contributed by atoms with van der Waals surface area (Å²) >= 11 is 0. The summed E-state index contributed by atoms with van der Waals surface area (Å²) < 4.78 is 6.25. The zero-order valence-electron chi connectivity index (χ0n) is 24.3. The second-order valence-corrected chi connectivity index (χ2v) is 15.0. The molecule has 4 aliphatic rings. The molecule has 0 aromatic rings. The van der Waals surface area contributed by atoms with Crippen molar-refractivity contribution >= 4 is 18.2 Å². The maximum atomic E-state index is 13.1. The van der Waals surface area contributed by atoms with E-state index in [4.69, 9.17) is 4.74 Å². The molecule has 5 heteroatoms. The van der Waals surface area contributed by atoms with E-state index >= 15 is 0 Å². The number of aliphatic carboxylic acids is 1. The van der Waals surface area contributed by atoms with Gasteiger partial charge < -0.3 is 14.6 Å². The van der Waals surface area contributed by atoms with Crippen LogP contribution in [0.4, 0.5) is 0 Å². The third-order valence-electron chi connectivity index (χ3n) is 12.1. The number of hydrogen-bond donors (Lipinski definition) is 1. The molecule has 37 heavy (non-hydrogen) atoms. The summed E-state index contributed by atoms with van der Waals surface area (Å²) in [5.74, 6) is 1.40. The Bertz CT molecular complexity index is 876. The lowest BCUT2D eigenvalue weighted by atomic mass is 9.42. The molecule has 0 aliphatic heterocycles. The van der Waals surface area contributed by atoms with E-state index in [1.807, 2.05) is 0 Å². The minimum absolute atomic E-state index is 0.0773. The molecule has 1 N–H and O–H groups in total. The number of fused-ring (bicyclic) bond motifs is 5. The fraction of sp³-hybridized carbons (Fsp3) is 0.906.